The van der Waals surface area contributed by atoms with Crippen molar-refractivity contribution in [3.63, 3.8) is 0 Å². The first-order chi connectivity index (χ1) is 14.0. The number of carbonyl (C=O) groups excluding carboxylic acids is 2. The van der Waals surface area contributed by atoms with Crippen LogP contribution in [0.4, 0.5) is 10.2 Å². The van der Waals surface area contributed by atoms with Crippen molar-refractivity contribution in [1.29, 1.82) is 0 Å². The Balaban J connectivity index is 1.17. The number of piperidine rings is 1. The maximum absolute atomic E-state index is 13.0. The maximum Gasteiger partial charge on any atom is 0.253 e. The van der Waals surface area contributed by atoms with Crippen molar-refractivity contribution < 1.29 is 14.0 Å². The lowest BCUT2D eigenvalue weighted by Gasteiger charge is -2.20. The van der Waals surface area contributed by atoms with Gasteiger partial charge in [-0.25, -0.2) is 9.37 Å². The highest BCUT2D eigenvalue weighted by molar-refractivity contribution is 5.94. The molecule has 7 heteroatoms. The SMILES string of the molecule is Nc1ccc(/C=C/C(=O)NCCC2[C@H]3CN(C(=O)c4ccc(F)cc4)C[C@@H]23)cn1. The fourth-order valence-corrected chi connectivity index (χ4v) is 4.13. The topological polar surface area (TPSA) is 88.3 Å². The van der Waals surface area contributed by atoms with Gasteiger partial charge in [0.2, 0.25) is 5.91 Å². The normalized spacial score (nSPS) is 22.5. The summed E-state index contributed by atoms with van der Waals surface area (Å²) < 4.78 is 13.0. The second kappa shape index (κ2) is 8.03. The molecule has 29 heavy (non-hydrogen) atoms. The summed E-state index contributed by atoms with van der Waals surface area (Å²) in [5.41, 5.74) is 6.88. The first-order valence-corrected chi connectivity index (χ1v) is 9.73. The van der Waals surface area contributed by atoms with Crippen LogP contribution in [0.5, 0.6) is 0 Å². The number of rotatable bonds is 6. The minimum Gasteiger partial charge on any atom is -0.384 e. The molecule has 4 rings (SSSR count). The minimum absolute atomic E-state index is 0.0356. The summed E-state index contributed by atoms with van der Waals surface area (Å²) >= 11 is 0. The molecule has 1 saturated heterocycles. The molecular weight excluding hydrogens is 371 g/mol. The van der Waals surface area contributed by atoms with Crippen LogP contribution in [-0.4, -0.2) is 41.3 Å². The fourth-order valence-electron chi connectivity index (χ4n) is 4.13. The van der Waals surface area contributed by atoms with Crippen molar-refractivity contribution in [1.82, 2.24) is 15.2 Å². The third-order valence-corrected chi connectivity index (χ3v) is 5.76. The molecule has 150 valence electrons. The number of halogens is 1. The standard InChI is InChI=1S/C22H23FN4O2/c23-16-5-3-15(4-6-16)22(29)27-12-18-17(19(18)13-27)9-10-25-21(28)8-2-14-1-7-20(24)26-11-14/h1-8,11,17-19H,9-10,12-13H2,(H2,24,26)(H,25,28)/b8-2+/t17?,18-,19+. The number of hydrogen-bond donors (Lipinski definition) is 2. The van der Waals surface area contributed by atoms with Crippen LogP contribution >= 0.6 is 0 Å². The van der Waals surface area contributed by atoms with Crippen molar-refractivity contribution in [3.05, 3.63) is 65.6 Å². The van der Waals surface area contributed by atoms with Crippen LogP contribution in [0, 0.1) is 23.6 Å². The Morgan fingerprint density at radius 3 is 2.55 bits per heavy atom. The molecule has 2 fully saturated rings. The molecule has 0 bridgehead atoms. The number of benzene rings is 1. The highest BCUT2D eigenvalue weighted by Crippen LogP contribution is 2.53. The van der Waals surface area contributed by atoms with E-state index < -0.39 is 0 Å². The molecule has 2 aliphatic rings. The van der Waals surface area contributed by atoms with E-state index in [1.54, 1.807) is 24.4 Å². The van der Waals surface area contributed by atoms with Crippen molar-refractivity contribution >= 4 is 23.7 Å². The monoisotopic (exact) mass is 394 g/mol. The van der Waals surface area contributed by atoms with E-state index >= 15 is 0 Å². The number of aromatic nitrogens is 1. The second-order valence-corrected chi connectivity index (χ2v) is 7.64. The summed E-state index contributed by atoms with van der Waals surface area (Å²) in [5, 5.41) is 2.90. The van der Waals surface area contributed by atoms with Gasteiger partial charge in [-0.05, 0) is 72.2 Å². The summed E-state index contributed by atoms with van der Waals surface area (Å²) in [6.07, 6.45) is 5.72. The zero-order valence-corrected chi connectivity index (χ0v) is 15.9. The molecule has 1 aromatic heterocycles. The minimum atomic E-state index is -0.340. The predicted molar refractivity (Wildman–Crippen MR) is 108 cm³/mol. The van der Waals surface area contributed by atoms with Crippen LogP contribution in [0.25, 0.3) is 6.08 Å². The van der Waals surface area contributed by atoms with E-state index in [2.05, 4.69) is 10.3 Å². The largest absolute Gasteiger partial charge is 0.384 e. The van der Waals surface area contributed by atoms with Gasteiger partial charge in [-0.3, -0.25) is 9.59 Å². The number of likely N-dealkylation sites (tertiary alicyclic amines) is 1. The lowest BCUT2D eigenvalue weighted by atomic mass is 10.1. The third-order valence-electron chi connectivity index (χ3n) is 5.76. The number of hydrogen-bond acceptors (Lipinski definition) is 4. The zero-order chi connectivity index (χ0) is 20.4. The number of carbonyl (C=O) groups is 2. The van der Waals surface area contributed by atoms with Crippen molar-refractivity contribution in [2.45, 2.75) is 6.42 Å². The average molecular weight is 394 g/mol. The Kier molecular flexibility index (Phi) is 5.29. The van der Waals surface area contributed by atoms with Crippen molar-refractivity contribution in [2.24, 2.45) is 17.8 Å². The fraction of sp³-hybridized carbons (Fsp3) is 0.318. The molecule has 6 nitrogen and oxygen atoms in total. The summed E-state index contributed by atoms with van der Waals surface area (Å²) in [7, 11) is 0. The molecule has 0 radical (unpaired) electrons. The van der Waals surface area contributed by atoms with Gasteiger partial charge in [0.25, 0.3) is 5.91 Å². The Morgan fingerprint density at radius 2 is 1.90 bits per heavy atom. The Morgan fingerprint density at radius 1 is 1.17 bits per heavy atom. The molecule has 1 saturated carbocycles. The zero-order valence-electron chi connectivity index (χ0n) is 15.9. The van der Waals surface area contributed by atoms with E-state index in [1.807, 2.05) is 4.90 Å². The van der Waals surface area contributed by atoms with Gasteiger partial charge in [-0.15, -0.1) is 0 Å². The summed E-state index contributed by atoms with van der Waals surface area (Å²) in [6, 6.07) is 9.18. The van der Waals surface area contributed by atoms with Gasteiger partial charge in [0.1, 0.15) is 11.6 Å². The first-order valence-electron chi connectivity index (χ1n) is 9.73. The van der Waals surface area contributed by atoms with Gasteiger partial charge in [0, 0.05) is 37.5 Å². The highest BCUT2D eigenvalue weighted by Gasteiger charge is 2.55. The molecule has 2 amide bonds. The van der Waals surface area contributed by atoms with Gasteiger partial charge >= 0.3 is 0 Å². The van der Waals surface area contributed by atoms with Gasteiger partial charge in [0.15, 0.2) is 0 Å². The van der Waals surface area contributed by atoms with Gasteiger partial charge < -0.3 is 16.0 Å². The number of pyridine rings is 1. The molecule has 2 aromatic rings. The number of fused-ring (bicyclic) bond motifs is 1. The van der Waals surface area contributed by atoms with Crippen LogP contribution in [0.15, 0.2) is 48.7 Å². The highest BCUT2D eigenvalue weighted by atomic mass is 19.1. The van der Waals surface area contributed by atoms with E-state index in [1.165, 1.54) is 30.3 Å². The molecule has 3 atom stereocenters. The maximum atomic E-state index is 13.0. The Bertz CT molecular complexity index is 915. The molecule has 1 aliphatic carbocycles. The molecule has 1 aliphatic heterocycles. The van der Waals surface area contributed by atoms with Crippen LogP contribution in [0.2, 0.25) is 0 Å². The average Bonchev–Trinajstić information content (AvgIpc) is 3.16. The van der Waals surface area contributed by atoms with E-state index in [0.29, 0.717) is 35.7 Å². The summed E-state index contributed by atoms with van der Waals surface area (Å²) in [6.45, 7) is 2.10. The van der Waals surface area contributed by atoms with Gasteiger partial charge in [-0.2, -0.15) is 0 Å². The van der Waals surface area contributed by atoms with E-state index in [0.717, 1.165) is 25.1 Å². The molecule has 3 N–H and O–H groups in total. The summed E-state index contributed by atoms with van der Waals surface area (Å²) in [5.74, 6) is 1.50. The van der Waals surface area contributed by atoms with Crippen molar-refractivity contribution in [2.75, 3.05) is 25.4 Å². The molecule has 2 heterocycles. The van der Waals surface area contributed by atoms with Crippen LogP contribution in [0.3, 0.4) is 0 Å². The predicted octanol–water partition coefficient (Wildman–Crippen LogP) is 2.34. The van der Waals surface area contributed by atoms with Gasteiger partial charge in [-0.1, -0.05) is 0 Å². The lowest BCUT2D eigenvalue weighted by molar-refractivity contribution is -0.116. The smallest absolute Gasteiger partial charge is 0.253 e. The second-order valence-electron chi connectivity index (χ2n) is 7.64. The Labute approximate surface area is 168 Å². The molecule has 1 unspecified atom stereocenters. The molecule has 0 spiro atoms. The number of nitrogens with zero attached hydrogens (tertiary/aromatic N) is 2. The molecule has 1 aromatic carbocycles. The molecular formula is C22H23FN4O2. The van der Waals surface area contributed by atoms with Crippen molar-refractivity contribution in [3.8, 4) is 0 Å². The van der Waals surface area contributed by atoms with Crippen LogP contribution in [0.1, 0.15) is 22.3 Å². The first kappa shape index (κ1) is 19.1. The number of nitrogens with one attached hydrogen (secondary N) is 1. The van der Waals surface area contributed by atoms with Crippen LogP contribution < -0.4 is 11.1 Å². The number of amides is 2. The van der Waals surface area contributed by atoms with E-state index in [-0.39, 0.29) is 17.6 Å². The number of anilines is 1. The quantitative estimate of drug-likeness (QED) is 0.736. The van der Waals surface area contributed by atoms with E-state index in [9.17, 15) is 14.0 Å². The van der Waals surface area contributed by atoms with E-state index in [4.69, 9.17) is 5.73 Å². The van der Waals surface area contributed by atoms with Gasteiger partial charge in [0.05, 0.1) is 0 Å². The lowest BCUT2D eigenvalue weighted by Crippen LogP contribution is -2.32. The van der Waals surface area contributed by atoms with Crippen LogP contribution in [-0.2, 0) is 4.79 Å². The number of nitrogen functional groups attached to an aromatic ring is 1. The summed E-state index contributed by atoms with van der Waals surface area (Å²) in [4.78, 5) is 30.2. The Hall–Kier alpha value is -3.22. The number of nitrogens with two attached hydrogens (primary N) is 1. The third kappa shape index (κ3) is 4.45.